The number of fused-ring (bicyclic) bond motifs is 1. The van der Waals surface area contributed by atoms with E-state index in [-0.39, 0.29) is 23.0 Å². The maximum Gasteiger partial charge on any atom is 0.115 e. The van der Waals surface area contributed by atoms with E-state index in [9.17, 15) is 0 Å². The van der Waals surface area contributed by atoms with Gasteiger partial charge in [-0.25, -0.2) is 0 Å². The Morgan fingerprint density at radius 2 is 0.674 bits per heavy atom. The highest BCUT2D eigenvalue weighted by molar-refractivity contribution is 5.41. The molecule has 0 aliphatic heterocycles. The number of benzene rings is 2. The molecule has 6 unspecified atom stereocenters. The third-order valence-corrected chi connectivity index (χ3v) is 21.7. The van der Waals surface area contributed by atoms with E-state index in [0.717, 1.165) is 72.3 Å². The molecule has 8 saturated carbocycles. The maximum absolute atomic E-state index is 9.02. The van der Waals surface area contributed by atoms with Crippen LogP contribution in [0.15, 0.2) is 48.5 Å². The summed E-state index contributed by atoms with van der Waals surface area (Å²) in [5.74, 6) is 7.84. The lowest BCUT2D eigenvalue weighted by Crippen LogP contribution is -2.42. The molecule has 520 valence electrons. The van der Waals surface area contributed by atoms with Crippen molar-refractivity contribution < 1.29 is 15.3 Å². The van der Waals surface area contributed by atoms with Gasteiger partial charge in [-0.15, -0.1) is 0 Å². The summed E-state index contributed by atoms with van der Waals surface area (Å²) in [6.07, 6.45) is 19.9. The number of anilines is 1. The lowest BCUT2D eigenvalue weighted by Gasteiger charge is -2.41. The molecule has 0 aromatic heterocycles. The molecule has 0 bridgehead atoms. The Morgan fingerprint density at radius 1 is 0.337 bits per heavy atom. The summed E-state index contributed by atoms with van der Waals surface area (Å²) >= 11 is 0. The van der Waals surface area contributed by atoms with E-state index >= 15 is 0 Å². The number of aliphatic hydroxyl groups excluding tert-OH is 2. The molecule has 2 aromatic rings. The van der Waals surface area contributed by atoms with Gasteiger partial charge in [0.2, 0.25) is 0 Å². The topological polar surface area (TPSA) is 217 Å². The summed E-state index contributed by atoms with van der Waals surface area (Å²) in [6, 6.07) is 18.0. The van der Waals surface area contributed by atoms with Gasteiger partial charge in [0.05, 0.1) is 12.2 Å². The molecule has 0 radical (unpaired) electrons. The van der Waals surface area contributed by atoms with Crippen molar-refractivity contribution in [2.75, 3.05) is 5.73 Å². The second kappa shape index (κ2) is 33.4. The highest BCUT2D eigenvalue weighted by Gasteiger charge is 2.55. The number of hydrogen-bond donors (Lipinski definition) is 9. The smallest absolute Gasteiger partial charge is 0.115 e. The number of aliphatic hydroxyl groups is 2. The molecule has 15 N–H and O–H groups in total. The number of phenols is 1. The molecule has 0 amide bonds. The Morgan fingerprint density at radius 3 is 0.910 bits per heavy atom. The van der Waals surface area contributed by atoms with E-state index in [2.05, 4.69) is 199 Å². The van der Waals surface area contributed by atoms with Crippen LogP contribution in [0.25, 0.3) is 0 Å². The van der Waals surface area contributed by atoms with Crippen LogP contribution in [-0.2, 0) is 10.8 Å². The van der Waals surface area contributed by atoms with Gasteiger partial charge in [0.25, 0.3) is 0 Å². The Labute approximate surface area is 552 Å². The van der Waals surface area contributed by atoms with Gasteiger partial charge in [0.1, 0.15) is 5.75 Å². The van der Waals surface area contributed by atoms with Crippen molar-refractivity contribution in [3.8, 4) is 5.75 Å². The molecular formula is C80H152N6O3. The predicted octanol–water partition coefficient (Wildman–Crippen LogP) is 18.7. The molecule has 0 spiro atoms. The average molecular weight is 1250 g/mol. The van der Waals surface area contributed by atoms with Crippen LogP contribution in [0.5, 0.6) is 5.75 Å². The van der Waals surface area contributed by atoms with Gasteiger partial charge in [-0.3, -0.25) is 0 Å². The summed E-state index contributed by atoms with van der Waals surface area (Å²) in [5.41, 5.74) is 41.5. The van der Waals surface area contributed by atoms with Gasteiger partial charge in [-0.1, -0.05) is 218 Å². The van der Waals surface area contributed by atoms with Crippen molar-refractivity contribution in [1.29, 1.82) is 0 Å². The molecule has 10 rings (SSSR count). The summed E-state index contributed by atoms with van der Waals surface area (Å²) in [6.45, 7) is 61.0. The fourth-order valence-corrected chi connectivity index (χ4v) is 13.5. The zero-order valence-corrected chi connectivity index (χ0v) is 63.5. The highest BCUT2D eigenvalue weighted by Crippen LogP contribution is 2.57. The Balaban J connectivity index is 0.000000342. The number of nitrogens with two attached hydrogens (primary N) is 6. The van der Waals surface area contributed by atoms with Crippen molar-refractivity contribution in [2.24, 2.45) is 120 Å². The molecule has 8 fully saturated rings. The first kappa shape index (κ1) is 82.9. The van der Waals surface area contributed by atoms with Crippen LogP contribution in [0.2, 0.25) is 0 Å². The number of phenolic OH excluding ortho intramolecular Hbond substituents is 1. The molecule has 8 aliphatic rings. The lowest BCUT2D eigenvalue weighted by molar-refractivity contribution is -0.00927. The standard InChI is InChI=1S/C10H19N.C10H21N.C10H15N.C10H21N.C10H14O.C8H17N.C8H16O.C7H15N.C7H14O/c1-10(2,3)6-4-7-8(5-6)9(7)11;2*1-10(2,3)8-4-6-9(11)7-5-8;1-10(2,3)8-5-4-6-9(11)7-8;1-10(2,3)8-4-6-9(11)7-5-8;2*1-8(2,3)6-4-7(9)5-6;2*1-7(2,3)5-4-6(5)8/h6-9H,4-5,11H2,1-3H3;8-9H,4-7,11H2,1-3H3;4-7H,11H2,1-3H3;8-9H,4-7,11H2,1-3H3;4-7,11H,1-3H3;6-7H,4-5,9H2,1-3H3;6-7,9H,4-5H2,1-3H3;5-6H,4,8H2,1-3H3;5-6,8H,4H2,1-3H3/t;;;8-,9+;;;;;/m...1...../s1. The largest absolute Gasteiger partial charge is 0.508 e. The van der Waals surface area contributed by atoms with Crippen LogP contribution >= 0.6 is 0 Å². The molecule has 89 heavy (non-hydrogen) atoms. The lowest BCUT2D eigenvalue weighted by atomic mass is 9.66. The molecule has 9 heteroatoms. The van der Waals surface area contributed by atoms with Gasteiger partial charge in [-0.2, -0.15) is 0 Å². The van der Waals surface area contributed by atoms with E-state index in [4.69, 9.17) is 49.7 Å². The Bertz CT molecular complexity index is 2110. The Kier molecular flexibility index (Phi) is 31.1. The van der Waals surface area contributed by atoms with Crippen LogP contribution in [0.4, 0.5) is 5.69 Å². The zero-order chi connectivity index (χ0) is 69.0. The van der Waals surface area contributed by atoms with Gasteiger partial charge in [-0.05, 0) is 234 Å². The molecule has 0 heterocycles. The van der Waals surface area contributed by atoms with E-state index in [1.165, 1.54) is 94.6 Å². The Hall–Kier alpha value is -2.24. The molecule has 2 aromatic carbocycles. The third-order valence-electron chi connectivity index (χ3n) is 21.7. The monoisotopic (exact) mass is 1250 g/mol. The average Bonchev–Trinajstić information content (AvgIpc) is 1.79. The molecule has 9 nitrogen and oxygen atoms in total. The number of aromatic hydroxyl groups is 1. The van der Waals surface area contributed by atoms with Crippen molar-refractivity contribution in [1.82, 2.24) is 0 Å². The molecule has 8 atom stereocenters. The van der Waals surface area contributed by atoms with E-state index < -0.39 is 0 Å². The van der Waals surface area contributed by atoms with Crippen LogP contribution in [-0.4, -0.2) is 57.7 Å². The fraction of sp³-hybridized carbons (Fsp3) is 0.850. The highest BCUT2D eigenvalue weighted by atomic mass is 16.3. The molecule has 0 saturated heterocycles. The van der Waals surface area contributed by atoms with Gasteiger partial charge in [0.15, 0.2) is 0 Å². The van der Waals surface area contributed by atoms with Gasteiger partial charge < -0.3 is 49.7 Å². The minimum Gasteiger partial charge on any atom is -0.508 e. The summed E-state index contributed by atoms with van der Waals surface area (Å²) in [7, 11) is 0. The van der Waals surface area contributed by atoms with Crippen molar-refractivity contribution in [3.63, 3.8) is 0 Å². The summed E-state index contributed by atoms with van der Waals surface area (Å²) in [5, 5.41) is 27.0. The van der Waals surface area contributed by atoms with E-state index in [1.807, 2.05) is 24.3 Å². The zero-order valence-electron chi connectivity index (χ0n) is 63.5. The van der Waals surface area contributed by atoms with Crippen molar-refractivity contribution in [2.45, 2.75) is 343 Å². The minimum atomic E-state index is 0.00854. The normalized spacial score (nSPS) is 31.3. The van der Waals surface area contributed by atoms with Crippen molar-refractivity contribution in [3.05, 3.63) is 59.7 Å². The second-order valence-electron chi connectivity index (χ2n) is 39.2. The van der Waals surface area contributed by atoms with Gasteiger partial charge in [0, 0.05) is 35.9 Å². The van der Waals surface area contributed by atoms with Crippen LogP contribution < -0.4 is 34.4 Å². The molecule has 8 aliphatic carbocycles. The fourth-order valence-electron chi connectivity index (χ4n) is 13.5. The summed E-state index contributed by atoms with van der Waals surface area (Å²) < 4.78 is 0. The predicted molar refractivity (Wildman–Crippen MR) is 390 cm³/mol. The number of rotatable bonds is 0. The quantitative estimate of drug-likeness (QED) is 0.115. The third kappa shape index (κ3) is 31.7. The number of nitrogen functional groups attached to an aromatic ring is 1. The second-order valence-corrected chi connectivity index (χ2v) is 39.2. The number of hydrogen-bond acceptors (Lipinski definition) is 9. The van der Waals surface area contributed by atoms with Crippen LogP contribution in [0.3, 0.4) is 0 Å². The molecular weight excluding hydrogens is 1090 g/mol. The first-order chi connectivity index (χ1) is 40.0. The van der Waals surface area contributed by atoms with Crippen LogP contribution in [0.1, 0.15) is 301 Å². The van der Waals surface area contributed by atoms with E-state index in [0.29, 0.717) is 79.8 Å². The van der Waals surface area contributed by atoms with Crippen molar-refractivity contribution >= 4 is 5.69 Å². The van der Waals surface area contributed by atoms with Crippen LogP contribution in [0, 0.1) is 91.2 Å². The summed E-state index contributed by atoms with van der Waals surface area (Å²) in [4.78, 5) is 0. The first-order valence-corrected chi connectivity index (χ1v) is 35.8. The first-order valence-electron chi connectivity index (χ1n) is 35.8. The minimum absolute atomic E-state index is 0.00854. The SMILES string of the molecule is CC(C)(C)C1CC(N)C1.CC(C)(C)C1CC(O)C1.CC(C)(C)C1CC1N.CC(C)(C)C1CC1O.CC(C)(C)C1CC2C(N)C2C1.CC(C)(C)C1CCC(N)CC1.CC(C)(C)[C@@H]1CCC[C@H](N)C1.CC(C)(C)c1ccc(N)cc1.CC(C)(C)c1ccc(O)cc1. The maximum atomic E-state index is 9.02. The van der Waals surface area contributed by atoms with Gasteiger partial charge >= 0.3 is 0 Å². The van der Waals surface area contributed by atoms with E-state index in [1.54, 1.807) is 12.1 Å².